The zero-order valence-corrected chi connectivity index (χ0v) is 15.0. The van der Waals surface area contributed by atoms with Crippen molar-refractivity contribution in [3.05, 3.63) is 57.8 Å². The lowest BCUT2D eigenvalue weighted by Gasteiger charge is -2.38. The van der Waals surface area contributed by atoms with Crippen molar-refractivity contribution in [3.8, 4) is 5.75 Å². The third-order valence-corrected chi connectivity index (χ3v) is 4.50. The molecule has 0 radical (unpaired) electrons. The molecule has 7 nitrogen and oxygen atoms in total. The van der Waals surface area contributed by atoms with Gasteiger partial charge in [0.2, 0.25) is 0 Å². The quantitative estimate of drug-likeness (QED) is 0.863. The van der Waals surface area contributed by atoms with Gasteiger partial charge in [0.25, 0.3) is 11.5 Å². The number of aromatic nitrogens is 2. The first-order chi connectivity index (χ1) is 12.4. The van der Waals surface area contributed by atoms with Gasteiger partial charge in [-0.15, -0.1) is 0 Å². The van der Waals surface area contributed by atoms with E-state index in [2.05, 4.69) is 9.97 Å². The minimum Gasteiger partial charge on any atom is -0.491 e. The van der Waals surface area contributed by atoms with Crippen molar-refractivity contribution in [1.29, 1.82) is 0 Å². The van der Waals surface area contributed by atoms with Crippen molar-refractivity contribution >= 4 is 5.91 Å². The molecule has 1 amide bonds. The maximum atomic E-state index is 12.7. The molecule has 26 heavy (non-hydrogen) atoms. The number of aromatic amines is 1. The van der Waals surface area contributed by atoms with Crippen LogP contribution in [0.15, 0.2) is 35.3 Å². The van der Waals surface area contributed by atoms with Crippen molar-refractivity contribution in [3.63, 3.8) is 0 Å². The normalized spacial score (nSPS) is 20.0. The van der Waals surface area contributed by atoms with Crippen LogP contribution in [0.4, 0.5) is 0 Å². The van der Waals surface area contributed by atoms with Crippen molar-refractivity contribution < 1.29 is 14.6 Å². The summed E-state index contributed by atoms with van der Waals surface area (Å²) in [7, 11) is 0. The van der Waals surface area contributed by atoms with Gasteiger partial charge in [0.05, 0.1) is 6.54 Å². The fourth-order valence-corrected chi connectivity index (χ4v) is 3.13. The lowest BCUT2D eigenvalue weighted by atomic mass is 9.93. The second-order valence-corrected chi connectivity index (χ2v) is 6.87. The summed E-state index contributed by atoms with van der Waals surface area (Å²) >= 11 is 0. The summed E-state index contributed by atoms with van der Waals surface area (Å²) in [5.74, 6) is 0.710. The maximum absolute atomic E-state index is 12.7. The van der Waals surface area contributed by atoms with Crippen LogP contribution in [0.25, 0.3) is 0 Å². The molecule has 3 rings (SSSR count). The summed E-state index contributed by atoms with van der Waals surface area (Å²) in [5.41, 5.74) is -0.559. The summed E-state index contributed by atoms with van der Waals surface area (Å²) in [6.45, 7) is 4.31. The Hall–Kier alpha value is -2.67. The molecule has 1 saturated heterocycles. The number of amides is 1. The fourth-order valence-electron chi connectivity index (χ4n) is 3.13. The number of carbonyl (C=O) groups excluding carboxylic acids is 1. The number of aryl methyl sites for hydroxylation is 2. The molecule has 0 aliphatic carbocycles. The van der Waals surface area contributed by atoms with Crippen LogP contribution in [0.5, 0.6) is 5.75 Å². The molecule has 7 heteroatoms. The number of hydrogen-bond donors (Lipinski definition) is 2. The summed E-state index contributed by atoms with van der Waals surface area (Å²) in [5, 5.41) is 10.9. The van der Waals surface area contributed by atoms with Crippen LogP contribution in [0.3, 0.4) is 0 Å². The Morgan fingerprint density at radius 1 is 1.42 bits per heavy atom. The van der Waals surface area contributed by atoms with Crippen molar-refractivity contribution in [2.75, 3.05) is 19.7 Å². The molecule has 1 atom stereocenters. The molecule has 1 fully saturated rings. The van der Waals surface area contributed by atoms with Gasteiger partial charge >= 0.3 is 0 Å². The van der Waals surface area contributed by atoms with Crippen LogP contribution >= 0.6 is 0 Å². The highest BCUT2D eigenvalue weighted by Gasteiger charge is 2.37. The lowest BCUT2D eigenvalue weighted by molar-refractivity contribution is -0.0532. The highest BCUT2D eigenvalue weighted by molar-refractivity contribution is 5.93. The van der Waals surface area contributed by atoms with Crippen LogP contribution in [-0.2, 0) is 0 Å². The minimum atomic E-state index is -1.15. The van der Waals surface area contributed by atoms with E-state index in [4.69, 9.17) is 4.74 Å². The molecule has 0 unspecified atom stereocenters. The van der Waals surface area contributed by atoms with Gasteiger partial charge in [-0.25, -0.2) is 4.98 Å². The van der Waals surface area contributed by atoms with Gasteiger partial charge in [0.1, 0.15) is 29.3 Å². The van der Waals surface area contributed by atoms with E-state index in [0.29, 0.717) is 31.0 Å². The first-order valence-corrected chi connectivity index (χ1v) is 8.63. The molecule has 0 spiro atoms. The number of likely N-dealkylation sites (tertiary alicyclic amines) is 1. The zero-order valence-electron chi connectivity index (χ0n) is 15.0. The number of carbonyl (C=O) groups is 1. The molecule has 138 valence electrons. The van der Waals surface area contributed by atoms with E-state index >= 15 is 0 Å². The summed E-state index contributed by atoms with van der Waals surface area (Å²) in [6.07, 6.45) is 2.45. The number of piperidine rings is 1. The Balaban J connectivity index is 1.69. The van der Waals surface area contributed by atoms with Crippen LogP contribution in [0, 0.1) is 13.8 Å². The topological polar surface area (TPSA) is 95.5 Å². The van der Waals surface area contributed by atoms with Crippen LogP contribution in [0.1, 0.15) is 34.6 Å². The van der Waals surface area contributed by atoms with E-state index < -0.39 is 17.1 Å². The van der Waals surface area contributed by atoms with Crippen LogP contribution in [0.2, 0.25) is 0 Å². The van der Waals surface area contributed by atoms with E-state index in [1.165, 1.54) is 11.1 Å². The predicted octanol–water partition coefficient (Wildman–Crippen LogP) is 1.43. The van der Waals surface area contributed by atoms with Crippen molar-refractivity contribution in [2.24, 2.45) is 0 Å². The number of aliphatic hydroxyl groups is 1. The van der Waals surface area contributed by atoms with E-state index in [0.717, 1.165) is 5.56 Å². The predicted molar refractivity (Wildman–Crippen MR) is 96.4 cm³/mol. The summed E-state index contributed by atoms with van der Waals surface area (Å²) in [4.78, 5) is 32.7. The smallest absolute Gasteiger partial charge is 0.263 e. The van der Waals surface area contributed by atoms with Crippen LogP contribution < -0.4 is 10.3 Å². The number of β-amino-alcohol motifs (C(OH)–C–C–N with tert-alkyl or cyclic N) is 1. The molecule has 0 bridgehead atoms. The van der Waals surface area contributed by atoms with E-state index in [1.807, 2.05) is 31.2 Å². The number of nitrogens with one attached hydrogen (secondary N) is 1. The van der Waals surface area contributed by atoms with Gasteiger partial charge in [-0.05, 0) is 44.4 Å². The molecule has 1 aliphatic rings. The Kier molecular flexibility index (Phi) is 5.08. The number of hydrogen-bond acceptors (Lipinski definition) is 5. The Morgan fingerprint density at radius 3 is 2.96 bits per heavy atom. The number of benzene rings is 1. The van der Waals surface area contributed by atoms with Gasteiger partial charge in [-0.2, -0.15) is 0 Å². The van der Waals surface area contributed by atoms with Crippen LogP contribution in [-0.4, -0.2) is 51.2 Å². The molecule has 1 aromatic carbocycles. The van der Waals surface area contributed by atoms with Crippen molar-refractivity contribution in [2.45, 2.75) is 32.3 Å². The number of rotatable bonds is 4. The molecule has 2 heterocycles. The summed E-state index contributed by atoms with van der Waals surface area (Å²) in [6, 6.07) is 7.59. The second-order valence-electron chi connectivity index (χ2n) is 6.87. The number of H-pyrrole nitrogens is 1. The molecule has 2 aromatic rings. The molecule has 0 saturated carbocycles. The van der Waals surface area contributed by atoms with E-state index in [-0.39, 0.29) is 18.7 Å². The Bertz CT molecular complexity index is 864. The first-order valence-electron chi connectivity index (χ1n) is 8.63. The molecule has 1 aromatic heterocycles. The maximum Gasteiger partial charge on any atom is 0.263 e. The molecular weight excluding hydrogens is 334 g/mol. The SMILES string of the molecule is Cc1cccc(OC[C@]2(O)CCCN(C(=O)c3cnc(C)[nH]c3=O)C2)c1. The first kappa shape index (κ1) is 18.1. The van der Waals surface area contributed by atoms with Gasteiger partial charge in [0, 0.05) is 12.7 Å². The fraction of sp³-hybridized carbons (Fsp3) is 0.421. The van der Waals surface area contributed by atoms with E-state index in [9.17, 15) is 14.7 Å². The minimum absolute atomic E-state index is 0.0144. The number of ether oxygens (including phenoxy) is 1. The molecule has 1 aliphatic heterocycles. The lowest BCUT2D eigenvalue weighted by Crippen LogP contribution is -2.53. The standard InChI is InChI=1S/C19H23N3O4/c1-13-5-3-6-15(9-13)26-12-19(25)7-4-8-22(11-19)18(24)16-10-20-14(2)21-17(16)23/h3,5-6,9-10,25H,4,7-8,11-12H2,1-2H3,(H,20,21,23)/t19-/m0/s1. The zero-order chi connectivity index (χ0) is 18.7. The monoisotopic (exact) mass is 357 g/mol. The van der Waals surface area contributed by atoms with Gasteiger partial charge in [-0.1, -0.05) is 12.1 Å². The third kappa shape index (κ3) is 4.11. The van der Waals surface area contributed by atoms with Gasteiger partial charge in [0.15, 0.2) is 0 Å². The average molecular weight is 357 g/mol. The van der Waals surface area contributed by atoms with Gasteiger partial charge in [-0.3, -0.25) is 9.59 Å². The van der Waals surface area contributed by atoms with E-state index in [1.54, 1.807) is 6.92 Å². The molecule has 2 N–H and O–H groups in total. The third-order valence-electron chi connectivity index (χ3n) is 4.50. The Morgan fingerprint density at radius 2 is 2.23 bits per heavy atom. The molecular formula is C19H23N3O4. The van der Waals surface area contributed by atoms with Gasteiger partial charge < -0.3 is 19.7 Å². The second kappa shape index (κ2) is 7.29. The highest BCUT2D eigenvalue weighted by atomic mass is 16.5. The van der Waals surface area contributed by atoms with Crippen molar-refractivity contribution in [1.82, 2.24) is 14.9 Å². The highest BCUT2D eigenvalue weighted by Crippen LogP contribution is 2.24. The Labute approximate surface area is 151 Å². The largest absolute Gasteiger partial charge is 0.491 e. The number of nitrogens with zero attached hydrogens (tertiary/aromatic N) is 2. The average Bonchev–Trinajstić information content (AvgIpc) is 2.60. The summed E-state index contributed by atoms with van der Waals surface area (Å²) < 4.78 is 5.73.